The van der Waals surface area contributed by atoms with Crippen LogP contribution >= 0.6 is 0 Å². The van der Waals surface area contributed by atoms with E-state index in [-0.39, 0.29) is 18.9 Å². The number of aliphatic hydroxyl groups is 11. The van der Waals surface area contributed by atoms with Gasteiger partial charge in [-0.15, -0.1) is 0 Å². The van der Waals surface area contributed by atoms with E-state index in [0.29, 0.717) is 12.8 Å². The Hall–Kier alpha value is -3.03. The fourth-order valence-corrected chi connectivity index (χ4v) is 12.0. The van der Waals surface area contributed by atoms with E-state index in [4.69, 9.17) is 28.4 Å². The number of amides is 1. The molecule has 0 spiro atoms. The second-order valence-corrected chi connectivity index (χ2v) is 26.0. The van der Waals surface area contributed by atoms with Crippen LogP contribution in [0, 0.1) is 0 Å². The number of allylic oxidation sites excluding steroid dienone is 13. The third kappa shape index (κ3) is 36.7. The van der Waals surface area contributed by atoms with E-state index in [1.54, 1.807) is 6.08 Å². The van der Waals surface area contributed by atoms with Crippen LogP contribution in [0.3, 0.4) is 0 Å². The number of hydrogen-bond acceptors (Lipinski definition) is 18. The summed E-state index contributed by atoms with van der Waals surface area (Å²) in [6, 6.07) is -1.02. The number of carbonyl (C=O) groups excluding carboxylic acids is 1. The lowest BCUT2D eigenvalue weighted by Gasteiger charge is -2.48. The van der Waals surface area contributed by atoms with Gasteiger partial charge < -0.3 is 89.9 Å². The number of nitrogens with one attached hydrogen (secondary N) is 1. The van der Waals surface area contributed by atoms with Gasteiger partial charge in [-0.1, -0.05) is 247 Å². The number of rotatable bonds is 56. The van der Waals surface area contributed by atoms with Gasteiger partial charge in [0.05, 0.1) is 38.6 Å². The van der Waals surface area contributed by atoms with Crippen molar-refractivity contribution in [1.29, 1.82) is 0 Å². The molecule has 3 fully saturated rings. The summed E-state index contributed by atoms with van der Waals surface area (Å²) >= 11 is 0. The third-order valence-electron chi connectivity index (χ3n) is 17.9. The van der Waals surface area contributed by atoms with Crippen molar-refractivity contribution < 1.29 is 89.4 Å². The summed E-state index contributed by atoms with van der Waals surface area (Å²) in [7, 11) is 0. The first-order chi connectivity index (χ1) is 45.8. The Morgan fingerprint density at radius 3 is 1.19 bits per heavy atom. The van der Waals surface area contributed by atoms with E-state index in [1.807, 2.05) is 6.08 Å². The molecule has 0 bridgehead atoms. The minimum absolute atomic E-state index is 0.199. The number of carbonyl (C=O) groups is 1. The average Bonchev–Trinajstić information content (AvgIpc) is 0.787. The molecule has 544 valence electrons. The van der Waals surface area contributed by atoms with E-state index in [2.05, 4.69) is 92.1 Å². The van der Waals surface area contributed by atoms with Crippen molar-refractivity contribution in [2.75, 3.05) is 26.4 Å². The number of hydrogen-bond donors (Lipinski definition) is 12. The number of ether oxygens (including phenoxy) is 6. The Balaban J connectivity index is 1.41. The standard InChI is InChI=1S/C75H131NO18/c1-3-5-7-9-11-13-15-17-19-21-22-23-24-25-26-27-28-29-30-31-32-33-34-35-37-38-40-42-44-46-48-50-52-59(80)58(76-63(81)53-51-49-47-45-43-41-39-36-20-18-16-14-12-10-8-6-4-2)57-89-73-69(87)66(84)71(61(55-78)91-73)94-75-70(88)67(85)72(62(56-79)92-75)93-74-68(86)65(83)64(82)60(54-77)90-74/h6,8,12,14,18,20,35,37,39,41-42,44,50,52,58-62,64-75,77-80,82-88H,3-5,7,9-11,13,15-17,19,21-34,36,38,40,43,45-49,51,53-57H2,1-2H3,(H,76,81)/b8-6-,14-12-,20-18-,37-35+,41-39-,44-42+,52-50+. The van der Waals surface area contributed by atoms with Crippen LogP contribution in [0.25, 0.3) is 0 Å². The predicted molar refractivity (Wildman–Crippen MR) is 369 cm³/mol. The van der Waals surface area contributed by atoms with Gasteiger partial charge in [0, 0.05) is 6.42 Å². The van der Waals surface area contributed by atoms with Gasteiger partial charge in [0.25, 0.3) is 0 Å². The molecule has 94 heavy (non-hydrogen) atoms. The van der Waals surface area contributed by atoms with Gasteiger partial charge in [0.2, 0.25) is 5.91 Å². The molecular weight excluding hydrogens is 1200 g/mol. The van der Waals surface area contributed by atoms with Gasteiger partial charge in [-0.05, 0) is 83.5 Å². The van der Waals surface area contributed by atoms with Crippen molar-refractivity contribution in [2.24, 2.45) is 0 Å². The lowest BCUT2D eigenvalue weighted by molar-refractivity contribution is -0.379. The summed E-state index contributed by atoms with van der Waals surface area (Å²) in [4.78, 5) is 13.4. The molecule has 3 rings (SSSR count). The molecule has 12 N–H and O–H groups in total. The fourth-order valence-electron chi connectivity index (χ4n) is 12.0. The quantitative estimate of drug-likeness (QED) is 0.0199. The second-order valence-electron chi connectivity index (χ2n) is 26.0. The molecular formula is C75H131NO18. The maximum absolute atomic E-state index is 13.4. The molecule has 19 heteroatoms. The molecule has 1 amide bonds. The van der Waals surface area contributed by atoms with Crippen molar-refractivity contribution in [1.82, 2.24) is 5.32 Å². The highest BCUT2D eigenvalue weighted by molar-refractivity contribution is 5.76. The number of unbranched alkanes of at least 4 members (excludes halogenated alkanes) is 28. The Bertz CT molecular complexity index is 2030. The van der Waals surface area contributed by atoms with Crippen molar-refractivity contribution in [2.45, 2.75) is 356 Å². The Labute approximate surface area is 565 Å². The topological polar surface area (TPSA) is 307 Å². The highest BCUT2D eigenvalue weighted by Gasteiger charge is 2.53. The first-order valence-electron chi connectivity index (χ1n) is 36.8. The maximum atomic E-state index is 13.4. The molecule has 3 aliphatic heterocycles. The van der Waals surface area contributed by atoms with Gasteiger partial charge in [0.15, 0.2) is 18.9 Å². The van der Waals surface area contributed by atoms with E-state index in [9.17, 15) is 61.0 Å². The van der Waals surface area contributed by atoms with E-state index < -0.39 is 124 Å². The molecule has 3 aliphatic rings. The minimum Gasteiger partial charge on any atom is -0.394 e. The van der Waals surface area contributed by atoms with Crippen molar-refractivity contribution >= 4 is 5.91 Å². The Morgan fingerprint density at radius 1 is 0.394 bits per heavy atom. The lowest BCUT2D eigenvalue weighted by Crippen LogP contribution is -2.66. The summed E-state index contributed by atoms with van der Waals surface area (Å²) in [6.45, 7) is 1.58. The van der Waals surface area contributed by atoms with E-state index in [0.717, 1.165) is 77.0 Å². The highest BCUT2D eigenvalue weighted by Crippen LogP contribution is 2.33. The summed E-state index contributed by atoms with van der Waals surface area (Å²) < 4.78 is 34.3. The molecule has 3 heterocycles. The van der Waals surface area contributed by atoms with Crippen molar-refractivity contribution in [3.05, 3.63) is 85.1 Å². The minimum atomic E-state index is -1.99. The summed E-state index contributed by atoms with van der Waals surface area (Å²) in [5.74, 6) is -0.315. The fraction of sp³-hybridized carbons (Fsp3) is 0.800. The van der Waals surface area contributed by atoms with Crippen LogP contribution in [0.15, 0.2) is 85.1 Å². The zero-order chi connectivity index (χ0) is 68.2. The summed E-state index contributed by atoms with van der Waals surface area (Å²) in [6.07, 6.45) is 45.9. The Morgan fingerprint density at radius 2 is 0.745 bits per heavy atom. The lowest BCUT2D eigenvalue weighted by atomic mass is 9.96. The van der Waals surface area contributed by atoms with Crippen molar-refractivity contribution in [3.8, 4) is 0 Å². The molecule has 0 radical (unpaired) electrons. The maximum Gasteiger partial charge on any atom is 0.220 e. The summed E-state index contributed by atoms with van der Waals surface area (Å²) in [5.41, 5.74) is 0. The smallest absolute Gasteiger partial charge is 0.220 e. The molecule has 0 aromatic heterocycles. The molecule has 0 aromatic rings. The molecule has 17 unspecified atom stereocenters. The van der Waals surface area contributed by atoms with Crippen LogP contribution in [0.4, 0.5) is 0 Å². The van der Waals surface area contributed by atoms with E-state index in [1.165, 1.54) is 141 Å². The van der Waals surface area contributed by atoms with Gasteiger partial charge in [-0.25, -0.2) is 0 Å². The zero-order valence-corrected chi connectivity index (χ0v) is 57.7. The largest absolute Gasteiger partial charge is 0.394 e. The van der Waals surface area contributed by atoms with Crippen molar-refractivity contribution in [3.63, 3.8) is 0 Å². The van der Waals surface area contributed by atoms with Crippen LogP contribution in [-0.2, 0) is 33.2 Å². The molecule has 19 nitrogen and oxygen atoms in total. The van der Waals surface area contributed by atoms with Crippen LogP contribution in [0.5, 0.6) is 0 Å². The van der Waals surface area contributed by atoms with Gasteiger partial charge in [0.1, 0.15) is 73.2 Å². The van der Waals surface area contributed by atoms with Crippen LogP contribution in [0.2, 0.25) is 0 Å². The van der Waals surface area contributed by atoms with Crippen LogP contribution < -0.4 is 5.32 Å². The van der Waals surface area contributed by atoms with Crippen LogP contribution in [0.1, 0.15) is 251 Å². The van der Waals surface area contributed by atoms with Crippen LogP contribution in [-0.4, -0.2) is 193 Å². The normalized spacial score (nSPS) is 27.9. The zero-order valence-electron chi connectivity index (χ0n) is 57.7. The first kappa shape index (κ1) is 85.2. The van der Waals surface area contributed by atoms with Gasteiger partial charge >= 0.3 is 0 Å². The Kier molecular flexibility index (Phi) is 50.6. The molecule has 0 aromatic carbocycles. The SMILES string of the molecule is CC/C=C\C/C=C\C/C=C\C/C=C\CCCCCCC(=O)NC(COC1OC(CO)C(OC2OC(CO)C(OC3OC(CO)C(O)C(O)C3O)C(O)C2O)C(O)C1O)C(O)/C=C/CC/C=C/CC/C=C/CCCCCCCCCCCCCCCCCCCCCCCC. The molecule has 0 aliphatic carbocycles. The summed E-state index contributed by atoms with van der Waals surface area (Å²) in [5, 5.41) is 121. The number of aliphatic hydroxyl groups excluding tert-OH is 11. The highest BCUT2D eigenvalue weighted by atomic mass is 16.8. The van der Waals surface area contributed by atoms with Gasteiger partial charge in [-0.2, -0.15) is 0 Å². The monoisotopic (exact) mass is 1330 g/mol. The third-order valence-corrected chi connectivity index (χ3v) is 17.9. The first-order valence-corrected chi connectivity index (χ1v) is 36.8. The molecule has 3 saturated heterocycles. The van der Waals surface area contributed by atoms with Gasteiger partial charge in [-0.3, -0.25) is 4.79 Å². The average molecular weight is 1330 g/mol. The predicted octanol–water partition coefficient (Wildman–Crippen LogP) is 10.7. The molecule has 0 saturated carbocycles. The molecule has 17 atom stereocenters. The second kappa shape index (κ2) is 55.8. The van der Waals surface area contributed by atoms with E-state index >= 15 is 0 Å².